The van der Waals surface area contributed by atoms with Crippen LogP contribution in [0, 0.1) is 10.1 Å². The number of nitrogens with one attached hydrogen (secondary N) is 1. The number of alkyl halides is 3. The predicted octanol–water partition coefficient (Wildman–Crippen LogP) is 3.59. The fourth-order valence-corrected chi connectivity index (χ4v) is 1.20. The molecule has 0 saturated carbocycles. The van der Waals surface area contributed by atoms with Gasteiger partial charge in [0.2, 0.25) is 0 Å². The lowest BCUT2D eigenvalue weighted by atomic mass is 10.1. The zero-order valence-corrected chi connectivity index (χ0v) is 9.86. The van der Waals surface area contributed by atoms with Gasteiger partial charge in [-0.15, -0.1) is 0 Å². The Labute approximate surface area is 106 Å². The van der Waals surface area contributed by atoms with Crippen molar-refractivity contribution >= 4 is 18.1 Å². The summed E-state index contributed by atoms with van der Waals surface area (Å²) >= 11 is 0. The number of anilines is 1. The Balaban J connectivity index is 3.21. The number of allylic oxidation sites excluding steroid dienone is 1. The summed E-state index contributed by atoms with van der Waals surface area (Å²) in [6.45, 7) is 4.80. The number of non-ortho nitro benzene ring substituents is 1. The molecule has 0 fully saturated rings. The van der Waals surface area contributed by atoms with Crippen LogP contribution in [0.25, 0.3) is 0 Å². The molecule has 0 atom stereocenters. The monoisotopic (exact) mass is 273 g/mol. The highest BCUT2D eigenvalue weighted by atomic mass is 19.4. The van der Waals surface area contributed by atoms with E-state index >= 15 is 0 Å². The third-order valence-corrected chi connectivity index (χ3v) is 2.15. The van der Waals surface area contributed by atoms with Crippen molar-refractivity contribution < 1.29 is 18.1 Å². The van der Waals surface area contributed by atoms with Crippen molar-refractivity contribution in [2.45, 2.75) is 13.1 Å². The highest BCUT2D eigenvalue weighted by Crippen LogP contribution is 2.34. The van der Waals surface area contributed by atoms with Crippen LogP contribution in [0.3, 0.4) is 0 Å². The van der Waals surface area contributed by atoms with E-state index in [-0.39, 0.29) is 5.69 Å². The summed E-state index contributed by atoms with van der Waals surface area (Å²) in [6.07, 6.45) is -3.36. The van der Waals surface area contributed by atoms with Crippen molar-refractivity contribution in [3.8, 4) is 0 Å². The molecule has 0 aliphatic rings. The Morgan fingerprint density at radius 2 is 2.11 bits per heavy atom. The van der Waals surface area contributed by atoms with E-state index in [0.717, 1.165) is 12.1 Å². The molecule has 1 aromatic rings. The molecular formula is C11H10F3N3O2. The third kappa shape index (κ3) is 4.09. The van der Waals surface area contributed by atoms with Crippen molar-refractivity contribution in [1.29, 1.82) is 0 Å². The van der Waals surface area contributed by atoms with Crippen LogP contribution in [-0.4, -0.2) is 11.6 Å². The number of hydrogen-bond donors (Lipinski definition) is 1. The maximum atomic E-state index is 12.6. The maximum Gasteiger partial charge on any atom is 0.416 e. The van der Waals surface area contributed by atoms with Gasteiger partial charge in [0.25, 0.3) is 5.69 Å². The summed E-state index contributed by atoms with van der Waals surface area (Å²) in [5, 5.41) is 13.1. The lowest BCUT2D eigenvalue weighted by molar-refractivity contribution is -0.385. The zero-order valence-electron chi connectivity index (χ0n) is 9.86. The van der Waals surface area contributed by atoms with Gasteiger partial charge in [0.1, 0.15) is 0 Å². The first-order valence-corrected chi connectivity index (χ1v) is 5.00. The molecule has 0 amide bonds. The number of halogens is 3. The molecule has 1 rings (SSSR count). The average molecular weight is 273 g/mol. The lowest BCUT2D eigenvalue weighted by Gasteiger charge is -2.09. The van der Waals surface area contributed by atoms with E-state index in [1.807, 2.05) is 0 Å². The van der Waals surface area contributed by atoms with Crippen LogP contribution < -0.4 is 5.32 Å². The number of hydrogen-bond acceptors (Lipinski definition) is 4. The van der Waals surface area contributed by atoms with Crippen molar-refractivity contribution in [1.82, 2.24) is 0 Å². The van der Waals surface area contributed by atoms with Gasteiger partial charge in [0, 0.05) is 24.0 Å². The zero-order chi connectivity index (χ0) is 14.6. The number of aliphatic imine (C=N–C) groups is 1. The molecule has 0 heterocycles. The summed E-state index contributed by atoms with van der Waals surface area (Å²) in [7, 11) is 0. The molecule has 102 valence electrons. The molecule has 19 heavy (non-hydrogen) atoms. The molecule has 5 nitrogen and oxygen atoms in total. The summed E-state index contributed by atoms with van der Waals surface area (Å²) in [5.74, 6) is 0. The first-order chi connectivity index (χ1) is 8.74. The Hall–Kier alpha value is -2.38. The normalized spacial score (nSPS) is 12.1. The first kappa shape index (κ1) is 14.7. The smallest absolute Gasteiger partial charge is 0.360 e. The van der Waals surface area contributed by atoms with E-state index in [1.54, 1.807) is 6.92 Å². The second kappa shape index (κ2) is 5.51. The van der Waals surface area contributed by atoms with Crippen LogP contribution in [-0.2, 0) is 6.18 Å². The maximum absolute atomic E-state index is 12.6. The van der Waals surface area contributed by atoms with Gasteiger partial charge in [0.05, 0.1) is 16.2 Å². The fraction of sp³-hybridized carbons (Fsp3) is 0.182. The summed E-state index contributed by atoms with van der Waals surface area (Å²) in [6, 6.07) is 2.26. The Morgan fingerprint density at radius 1 is 1.47 bits per heavy atom. The molecule has 8 heteroatoms. The third-order valence-electron chi connectivity index (χ3n) is 2.15. The Kier molecular flexibility index (Phi) is 4.26. The number of rotatable bonds is 4. The molecule has 0 bridgehead atoms. The van der Waals surface area contributed by atoms with Gasteiger partial charge in [0.15, 0.2) is 0 Å². The van der Waals surface area contributed by atoms with Crippen LogP contribution in [0.2, 0.25) is 0 Å². The molecule has 0 unspecified atom stereocenters. The molecule has 1 aromatic carbocycles. The van der Waals surface area contributed by atoms with Crippen LogP contribution in [0.1, 0.15) is 12.5 Å². The van der Waals surface area contributed by atoms with Crippen molar-refractivity contribution in [3.05, 3.63) is 45.8 Å². The molecule has 0 saturated heterocycles. The molecule has 0 aliphatic heterocycles. The van der Waals surface area contributed by atoms with Crippen LogP contribution >= 0.6 is 0 Å². The molecular weight excluding hydrogens is 263 g/mol. The Morgan fingerprint density at radius 3 is 2.58 bits per heavy atom. The van der Waals surface area contributed by atoms with Gasteiger partial charge in [-0.05, 0) is 19.7 Å². The van der Waals surface area contributed by atoms with E-state index < -0.39 is 22.4 Å². The lowest BCUT2D eigenvalue weighted by Crippen LogP contribution is -2.06. The second-order valence-electron chi connectivity index (χ2n) is 3.61. The Bertz CT molecular complexity index is 538. The number of nitro benzene ring substituents is 1. The highest BCUT2D eigenvalue weighted by molar-refractivity contribution is 5.56. The predicted molar refractivity (Wildman–Crippen MR) is 65.0 cm³/mol. The van der Waals surface area contributed by atoms with Crippen molar-refractivity contribution in [2.75, 3.05) is 5.32 Å². The summed E-state index contributed by atoms with van der Waals surface area (Å²) in [4.78, 5) is 13.2. The topological polar surface area (TPSA) is 67.5 Å². The van der Waals surface area contributed by atoms with E-state index in [9.17, 15) is 23.3 Å². The van der Waals surface area contributed by atoms with E-state index in [0.29, 0.717) is 11.8 Å². The van der Waals surface area contributed by atoms with Crippen LogP contribution in [0.4, 0.5) is 24.5 Å². The van der Waals surface area contributed by atoms with Crippen LogP contribution in [0.15, 0.2) is 35.1 Å². The van der Waals surface area contributed by atoms with E-state index in [4.69, 9.17) is 0 Å². The summed E-state index contributed by atoms with van der Waals surface area (Å²) < 4.78 is 37.7. The van der Waals surface area contributed by atoms with Gasteiger partial charge in [-0.25, -0.2) is 0 Å². The number of nitrogens with zero attached hydrogens (tertiary/aromatic N) is 2. The molecule has 0 radical (unpaired) electrons. The standard InChI is InChI=1S/C11H10F3N3O2/c1-7(15-2)6-16-9-3-8(11(12,13)14)4-10(5-9)17(18)19/h3-6,16H,2H2,1H3/b7-6-. The molecule has 0 spiro atoms. The highest BCUT2D eigenvalue weighted by Gasteiger charge is 2.32. The van der Waals surface area contributed by atoms with Crippen molar-refractivity contribution in [3.63, 3.8) is 0 Å². The largest absolute Gasteiger partial charge is 0.416 e. The number of benzene rings is 1. The van der Waals surface area contributed by atoms with Gasteiger partial charge >= 0.3 is 6.18 Å². The minimum Gasteiger partial charge on any atom is -0.360 e. The van der Waals surface area contributed by atoms with Gasteiger partial charge in [-0.2, -0.15) is 13.2 Å². The minimum atomic E-state index is -4.65. The van der Waals surface area contributed by atoms with Crippen LogP contribution in [0.5, 0.6) is 0 Å². The molecule has 0 aliphatic carbocycles. The fourth-order valence-electron chi connectivity index (χ4n) is 1.20. The van der Waals surface area contributed by atoms with Crippen molar-refractivity contribution in [2.24, 2.45) is 4.99 Å². The SMILES string of the molecule is C=N/C(C)=C\Nc1cc([N+](=O)[O-])cc(C(F)(F)F)c1. The average Bonchev–Trinajstić information content (AvgIpc) is 2.34. The number of nitro groups is 1. The van der Waals surface area contributed by atoms with Gasteiger partial charge < -0.3 is 5.32 Å². The van der Waals surface area contributed by atoms with Gasteiger partial charge in [-0.1, -0.05) is 0 Å². The summed E-state index contributed by atoms with van der Waals surface area (Å²) in [5.41, 5.74) is -1.36. The minimum absolute atomic E-state index is 0.0514. The first-order valence-electron chi connectivity index (χ1n) is 5.00. The van der Waals surface area contributed by atoms with E-state index in [2.05, 4.69) is 17.0 Å². The van der Waals surface area contributed by atoms with Gasteiger partial charge in [-0.3, -0.25) is 15.1 Å². The second-order valence-corrected chi connectivity index (χ2v) is 3.61. The van der Waals surface area contributed by atoms with E-state index in [1.165, 1.54) is 6.20 Å². The quantitative estimate of drug-likeness (QED) is 0.518. The molecule has 1 N–H and O–H groups in total. The molecule has 0 aromatic heterocycles.